The Kier molecular flexibility index (Phi) is 5.16. The molecular weight excluding hydrogens is 324 g/mol. The highest BCUT2D eigenvalue weighted by Gasteiger charge is 2.20. The summed E-state index contributed by atoms with van der Waals surface area (Å²) < 4.78 is 1.70. The summed E-state index contributed by atoms with van der Waals surface area (Å²) in [6, 6.07) is 20.4. The molecular formula is C21H24N4O. The first kappa shape index (κ1) is 17.9. The monoisotopic (exact) mass is 348 g/mol. The Morgan fingerprint density at radius 1 is 1.00 bits per heavy atom. The molecule has 1 amide bonds. The Morgan fingerprint density at radius 2 is 1.54 bits per heavy atom. The Morgan fingerprint density at radius 3 is 2.00 bits per heavy atom. The van der Waals surface area contributed by atoms with Gasteiger partial charge in [-0.2, -0.15) is 0 Å². The van der Waals surface area contributed by atoms with Crippen LogP contribution in [-0.2, 0) is 5.54 Å². The fraction of sp³-hybridized carbons (Fsp3) is 0.286. The first-order valence-corrected chi connectivity index (χ1v) is 8.75. The summed E-state index contributed by atoms with van der Waals surface area (Å²) in [5.74, 6) is 0.00992. The molecule has 1 N–H and O–H groups in total. The van der Waals surface area contributed by atoms with Crippen molar-refractivity contribution in [3.63, 3.8) is 0 Å². The molecule has 5 heteroatoms. The minimum Gasteiger partial charge on any atom is -0.348 e. The molecule has 1 heterocycles. The van der Waals surface area contributed by atoms with E-state index in [0.717, 1.165) is 11.1 Å². The fourth-order valence-corrected chi connectivity index (χ4v) is 2.76. The molecule has 2 aromatic carbocycles. The summed E-state index contributed by atoms with van der Waals surface area (Å²) >= 11 is 0. The zero-order chi connectivity index (χ0) is 18.6. The third-order valence-corrected chi connectivity index (χ3v) is 4.25. The molecule has 3 aromatic rings. The van der Waals surface area contributed by atoms with E-state index in [-0.39, 0.29) is 23.2 Å². The number of nitrogens with zero attached hydrogens (tertiary/aromatic N) is 3. The van der Waals surface area contributed by atoms with Gasteiger partial charge < -0.3 is 5.32 Å². The van der Waals surface area contributed by atoms with E-state index in [0.29, 0.717) is 6.54 Å². The highest BCUT2D eigenvalue weighted by atomic mass is 16.2. The average Bonchev–Trinajstić information content (AvgIpc) is 3.14. The molecule has 3 rings (SSSR count). The summed E-state index contributed by atoms with van der Waals surface area (Å²) in [6.45, 7) is 6.54. The van der Waals surface area contributed by atoms with E-state index >= 15 is 0 Å². The lowest BCUT2D eigenvalue weighted by atomic mass is 9.91. The Balaban J connectivity index is 1.76. The van der Waals surface area contributed by atoms with Crippen LogP contribution in [0.4, 0.5) is 0 Å². The molecule has 1 aromatic heterocycles. The minimum atomic E-state index is -0.259. The molecule has 0 radical (unpaired) electrons. The summed E-state index contributed by atoms with van der Waals surface area (Å²) in [4.78, 5) is 16.6. The lowest BCUT2D eigenvalue weighted by molar-refractivity contribution is 0.0941. The second kappa shape index (κ2) is 7.52. The molecule has 0 aliphatic carbocycles. The summed E-state index contributed by atoms with van der Waals surface area (Å²) in [7, 11) is 0. The topological polar surface area (TPSA) is 59.8 Å². The molecule has 0 unspecified atom stereocenters. The van der Waals surface area contributed by atoms with Gasteiger partial charge in [0.15, 0.2) is 0 Å². The fourth-order valence-electron chi connectivity index (χ4n) is 2.76. The van der Waals surface area contributed by atoms with Gasteiger partial charge in [0, 0.05) is 12.5 Å². The second-order valence-corrected chi connectivity index (χ2v) is 7.27. The molecule has 134 valence electrons. The maximum absolute atomic E-state index is 12.5. The maximum atomic E-state index is 12.5. The smallest absolute Gasteiger partial charge is 0.290 e. The molecule has 0 saturated carbocycles. The summed E-state index contributed by atoms with van der Waals surface area (Å²) in [6.07, 6.45) is 1.60. The number of hydrogen-bond acceptors (Lipinski definition) is 3. The van der Waals surface area contributed by atoms with Gasteiger partial charge in [-0.25, -0.2) is 9.67 Å². The van der Waals surface area contributed by atoms with Gasteiger partial charge in [-0.15, -0.1) is 5.10 Å². The van der Waals surface area contributed by atoms with Crippen molar-refractivity contribution in [2.24, 2.45) is 0 Å². The van der Waals surface area contributed by atoms with Crippen molar-refractivity contribution in [3.8, 4) is 0 Å². The second-order valence-electron chi connectivity index (χ2n) is 7.27. The van der Waals surface area contributed by atoms with Crippen molar-refractivity contribution in [1.29, 1.82) is 0 Å². The SMILES string of the molecule is CC(C)(C)n1cnc(C(=O)NCC(c2ccccc2)c2ccccc2)n1. The maximum Gasteiger partial charge on any atom is 0.290 e. The molecule has 0 spiro atoms. The third-order valence-electron chi connectivity index (χ3n) is 4.25. The van der Waals surface area contributed by atoms with Crippen LogP contribution in [-0.4, -0.2) is 27.2 Å². The van der Waals surface area contributed by atoms with Crippen molar-refractivity contribution >= 4 is 5.91 Å². The van der Waals surface area contributed by atoms with E-state index in [1.54, 1.807) is 11.0 Å². The van der Waals surface area contributed by atoms with Crippen LogP contribution in [0.2, 0.25) is 0 Å². The van der Waals surface area contributed by atoms with Gasteiger partial charge >= 0.3 is 0 Å². The Hall–Kier alpha value is -2.95. The Labute approximate surface area is 154 Å². The molecule has 0 aliphatic rings. The van der Waals surface area contributed by atoms with Crippen molar-refractivity contribution in [1.82, 2.24) is 20.1 Å². The van der Waals surface area contributed by atoms with E-state index in [1.165, 1.54) is 0 Å². The zero-order valence-electron chi connectivity index (χ0n) is 15.4. The number of hydrogen-bond donors (Lipinski definition) is 1. The largest absolute Gasteiger partial charge is 0.348 e. The van der Waals surface area contributed by atoms with Crippen LogP contribution in [0.25, 0.3) is 0 Å². The lowest BCUT2D eigenvalue weighted by Gasteiger charge is -2.19. The highest BCUT2D eigenvalue weighted by molar-refractivity contribution is 5.90. The van der Waals surface area contributed by atoms with Gasteiger partial charge in [-0.1, -0.05) is 60.7 Å². The van der Waals surface area contributed by atoms with Crippen LogP contribution in [0.5, 0.6) is 0 Å². The Bertz CT molecular complexity index is 811. The van der Waals surface area contributed by atoms with Crippen molar-refractivity contribution in [3.05, 3.63) is 83.9 Å². The van der Waals surface area contributed by atoms with Gasteiger partial charge in [0.2, 0.25) is 5.82 Å². The summed E-state index contributed by atoms with van der Waals surface area (Å²) in [5, 5.41) is 7.28. The number of carbonyl (C=O) groups is 1. The molecule has 5 nitrogen and oxygen atoms in total. The average molecular weight is 348 g/mol. The quantitative estimate of drug-likeness (QED) is 0.766. The van der Waals surface area contributed by atoms with Gasteiger partial charge in [-0.3, -0.25) is 4.79 Å². The lowest BCUT2D eigenvalue weighted by Crippen LogP contribution is -2.30. The molecule has 0 atom stereocenters. The molecule has 26 heavy (non-hydrogen) atoms. The van der Waals surface area contributed by atoms with Crippen LogP contribution in [0, 0.1) is 0 Å². The number of amides is 1. The predicted octanol–water partition coefficient (Wildman–Crippen LogP) is 3.60. The van der Waals surface area contributed by atoms with Crippen molar-refractivity contribution < 1.29 is 4.79 Å². The third kappa shape index (κ3) is 4.17. The van der Waals surface area contributed by atoms with E-state index in [9.17, 15) is 4.79 Å². The number of nitrogens with one attached hydrogen (secondary N) is 1. The van der Waals surface area contributed by atoms with Crippen LogP contribution < -0.4 is 5.32 Å². The zero-order valence-corrected chi connectivity index (χ0v) is 15.4. The number of rotatable bonds is 5. The molecule has 0 bridgehead atoms. The minimum absolute atomic E-state index is 0.0750. The number of aromatic nitrogens is 3. The van der Waals surface area contributed by atoms with Gasteiger partial charge in [0.1, 0.15) is 6.33 Å². The van der Waals surface area contributed by atoms with Gasteiger partial charge in [0.25, 0.3) is 5.91 Å². The van der Waals surface area contributed by atoms with Crippen LogP contribution in [0.3, 0.4) is 0 Å². The predicted molar refractivity (Wildman–Crippen MR) is 102 cm³/mol. The number of carbonyl (C=O) groups excluding carboxylic acids is 1. The normalized spacial score (nSPS) is 11.5. The summed E-state index contributed by atoms with van der Waals surface area (Å²) in [5.41, 5.74) is 2.11. The van der Waals surface area contributed by atoms with Crippen molar-refractivity contribution in [2.45, 2.75) is 32.2 Å². The standard InChI is InChI=1S/C21H24N4O/c1-21(2,3)25-15-23-19(24-25)20(26)22-14-18(16-10-6-4-7-11-16)17-12-8-5-9-13-17/h4-13,15,18H,14H2,1-3H3,(H,22,26). The molecule has 0 saturated heterocycles. The van der Waals surface area contributed by atoms with Gasteiger partial charge in [-0.05, 0) is 31.9 Å². The van der Waals surface area contributed by atoms with E-state index in [1.807, 2.05) is 57.2 Å². The molecule has 0 aliphatic heterocycles. The first-order chi connectivity index (χ1) is 12.4. The van der Waals surface area contributed by atoms with E-state index in [4.69, 9.17) is 0 Å². The van der Waals surface area contributed by atoms with Crippen LogP contribution in [0.15, 0.2) is 67.0 Å². The van der Waals surface area contributed by atoms with Crippen molar-refractivity contribution in [2.75, 3.05) is 6.54 Å². The van der Waals surface area contributed by atoms with E-state index < -0.39 is 0 Å². The molecule has 0 fully saturated rings. The highest BCUT2D eigenvalue weighted by Crippen LogP contribution is 2.23. The number of benzene rings is 2. The van der Waals surface area contributed by atoms with Crippen LogP contribution >= 0.6 is 0 Å². The first-order valence-electron chi connectivity index (χ1n) is 8.75. The van der Waals surface area contributed by atoms with E-state index in [2.05, 4.69) is 39.7 Å². The van der Waals surface area contributed by atoms with Gasteiger partial charge in [0.05, 0.1) is 5.54 Å². The van der Waals surface area contributed by atoms with Crippen LogP contribution in [0.1, 0.15) is 48.4 Å².